The molecule has 130 valence electrons. The lowest BCUT2D eigenvalue weighted by Crippen LogP contribution is -2.42. The van der Waals surface area contributed by atoms with Crippen LogP contribution in [0.5, 0.6) is 0 Å². The molecule has 0 unspecified atom stereocenters. The summed E-state index contributed by atoms with van der Waals surface area (Å²) in [6, 6.07) is 0. The molecule has 1 saturated heterocycles. The molecule has 1 aliphatic rings. The fourth-order valence-electron chi connectivity index (χ4n) is 2.38. The Bertz CT molecular complexity index is 486. The van der Waals surface area contributed by atoms with E-state index in [1.165, 1.54) is 0 Å². The number of nitrogens with one attached hydrogen (secondary N) is 1. The molecule has 1 aliphatic heterocycles. The van der Waals surface area contributed by atoms with Crippen molar-refractivity contribution in [1.82, 2.24) is 20.1 Å². The van der Waals surface area contributed by atoms with Crippen molar-refractivity contribution in [2.75, 3.05) is 53.0 Å². The molecule has 6 nitrogen and oxygen atoms in total. The van der Waals surface area contributed by atoms with Crippen molar-refractivity contribution in [3.63, 3.8) is 0 Å². The lowest BCUT2D eigenvalue weighted by molar-refractivity contribution is -0.129. The van der Waals surface area contributed by atoms with Gasteiger partial charge in [0.25, 0.3) is 0 Å². The van der Waals surface area contributed by atoms with Crippen molar-refractivity contribution in [3.05, 3.63) is 16.1 Å². The summed E-state index contributed by atoms with van der Waals surface area (Å²) in [6.45, 7) is 10.6. The number of morpholine rings is 1. The van der Waals surface area contributed by atoms with E-state index in [0.29, 0.717) is 19.0 Å². The predicted octanol–water partition coefficient (Wildman–Crippen LogP) is 1.15. The highest BCUT2D eigenvalue weighted by Crippen LogP contribution is 2.19. The van der Waals surface area contributed by atoms with E-state index in [4.69, 9.17) is 4.74 Å². The standard InChI is InChI=1S/C16H28N4O2S/c1-13(2)16-18-14(12-23-16)11-19(3)15(21)10-17-4-5-20-6-8-22-9-7-20/h12-13,17H,4-11H2,1-3H3. The Balaban J connectivity index is 1.63. The monoisotopic (exact) mass is 340 g/mol. The third-order valence-corrected chi connectivity index (χ3v) is 5.07. The Kier molecular flexibility index (Phi) is 7.42. The summed E-state index contributed by atoms with van der Waals surface area (Å²) in [5.74, 6) is 0.544. The van der Waals surface area contributed by atoms with Gasteiger partial charge in [0.05, 0.1) is 37.0 Å². The van der Waals surface area contributed by atoms with Gasteiger partial charge >= 0.3 is 0 Å². The van der Waals surface area contributed by atoms with Crippen molar-refractivity contribution >= 4 is 17.2 Å². The van der Waals surface area contributed by atoms with Crippen molar-refractivity contribution in [3.8, 4) is 0 Å². The largest absolute Gasteiger partial charge is 0.379 e. The number of carbonyl (C=O) groups excluding carboxylic acids is 1. The molecule has 23 heavy (non-hydrogen) atoms. The van der Waals surface area contributed by atoms with Gasteiger partial charge in [-0.3, -0.25) is 9.69 Å². The lowest BCUT2D eigenvalue weighted by atomic mass is 10.2. The van der Waals surface area contributed by atoms with Gasteiger partial charge in [-0.15, -0.1) is 11.3 Å². The highest BCUT2D eigenvalue weighted by atomic mass is 32.1. The number of amides is 1. The van der Waals surface area contributed by atoms with Gasteiger partial charge in [0.2, 0.25) is 5.91 Å². The van der Waals surface area contributed by atoms with E-state index in [0.717, 1.165) is 50.1 Å². The van der Waals surface area contributed by atoms with Crippen LogP contribution in [-0.4, -0.2) is 73.7 Å². The summed E-state index contributed by atoms with van der Waals surface area (Å²) < 4.78 is 5.32. The molecule has 1 N–H and O–H groups in total. The van der Waals surface area contributed by atoms with Gasteiger partial charge in [-0.1, -0.05) is 13.8 Å². The summed E-state index contributed by atoms with van der Waals surface area (Å²) in [7, 11) is 1.83. The van der Waals surface area contributed by atoms with Gasteiger partial charge < -0.3 is 15.0 Å². The van der Waals surface area contributed by atoms with Crippen LogP contribution in [0.25, 0.3) is 0 Å². The van der Waals surface area contributed by atoms with Crippen molar-refractivity contribution in [2.24, 2.45) is 0 Å². The Labute approximate surface area is 142 Å². The highest BCUT2D eigenvalue weighted by Gasteiger charge is 2.13. The number of ether oxygens (including phenoxy) is 1. The maximum absolute atomic E-state index is 12.1. The van der Waals surface area contributed by atoms with Crippen LogP contribution in [0.2, 0.25) is 0 Å². The molecule has 2 heterocycles. The Morgan fingerprint density at radius 1 is 1.48 bits per heavy atom. The average Bonchev–Trinajstić information content (AvgIpc) is 3.01. The Morgan fingerprint density at radius 3 is 2.87 bits per heavy atom. The number of thiazole rings is 1. The molecule has 1 amide bonds. The zero-order chi connectivity index (χ0) is 16.7. The first-order chi connectivity index (χ1) is 11.1. The summed E-state index contributed by atoms with van der Waals surface area (Å²) in [5.41, 5.74) is 0.975. The van der Waals surface area contributed by atoms with E-state index in [-0.39, 0.29) is 5.91 Å². The summed E-state index contributed by atoms with van der Waals surface area (Å²) >= 11 is 1.67. The second-order valence-electron chi connectivity index (χ2n) is 6.21. The molecule has 1 aromatic rings. The van der Waals surface area contributed by atoms with E-state index in [1.807, 2.05) is 12.4 Å². The smallest absolute Gasteiger partial charge is 0.236 e. The van der Waals surface area contributed by atoms with Crippen LogP contribution in [-0.2, 0) is 16.1 Å². The van der Waals surface area contributed by atoms with Crippen LogP contribution in [0.1, 0.15) is 30.5 Å². The van der Waals surface area contributed by atoms with E-state index in [1.54, 1.807) is 16.2 Å². The quantitative estimate of drug-likeness (QED) is 0.720. The molecule has 7 heteroatoms. The molecule has 0 bridgehead atoms. The van der Waals surface area contributed by atoms with E-state index >= 15 is 0 Å². The van der Waals surface area contributed by atoms with Gasteiger partial charge in [-0.05, 0) is 0 Å². The number of hydrogen-bond donors (Lipinski definition) is 1. The number of hydrogen-bond acceptors (Lipinski definition) is 6. The fraction of sp³-hybridized carbons (Fsp3) is 0.750. The number of rotatable bonds is 8. The summed E-state index contributed by atoms with van der Waals surface area (Å²) in [5, 5.41) is 6.41. The van der Waals surface area contributed by atoms with E-state index in [2.05, 4.69) is 29.0 Å². The first-order valence-electron chi connectivity index (χ1n) is 8.25. The topological polar surface area (TPSA) is 57.7 Å². The van der Waals surface area contributed by atoms with Gasteiger partial charge in [-0.25, -0.2) is 4.98 Å². The van der Waals surface area contributed by atoms with Gasteiger partial charge in [-0.2, -0.15) is 0 Å². The molecule has 0 saturated carbocycles. The van der Waals surface area contributed by atoms with Gasteiger partial charge in [0.1, 0.15) is 0 Å². The fourth-order valence-corrected chi connectivity index (χ4v) is 3.21. The highest BCUT2D eigenvalue weighted by molar-refractivity contribution is 7.09. The number of aromatic nitrogens is 1. The third kappa shape index (κ3) is 6.18. The molecule has 0 spiro atoms. The molecule has 1 fully saturated rings. The lowest BCUT2D eigenvalue weighted by Gasteiger charge is -2.26. The summed E-state index contributed by atoms with van der Waals surface area (Å²) in [6.07, 6.45) is 0. The molecule has 2 rings (SSSR count). The second-order valence-corrected chi connectivity index (χ2v) is 7.10. The van der Waals surface area contributed by atoms with Crippen LogP contribution in [0.4, 0.5) is 0 Å². The number of nitrogens with zero attached hydrogens (tertiary/aromatic N) is 3. The molecule has 0 aromatic carbocycles. The first-order valence-corrected chi connectivity index (χ1v) is 9.13. The minimum Gasteiger partial charge on any atom is -0.379 e. The van der Waals surface area contributed by atoms with Crippen LogP contribution in [0, 0.1) is 0 Å². The zero-order valence-corrected chi connectivity index (χ0v) is 15.2. The van der Waals surface area contributed by atoms with E-state index in [9.17, 15) is 4.79 Å². The summed E-state index contributed by atoms with van der Waals surface area (Å²) in [4.78, 5) is 20.8. The van der Waals surface area contributed by atoms with Crippen LogP contribution in [0.3, 0.4) is 0 Å². The van der Waals surface area contributed by atoms with Gasteiger partial charge in [0, 0.05) is 44.5 Å². The molecule has 0 aliphatic carbocycles. The maximum atomic E-state index is 12.1. The van der Waals surface area contributed by atoms with Gasteiger partial charge in [0.15, 0.2) is 0 Å². The van der Waals surface area contributed by atoms with Crippen molar-refractivity contribution < 1.29 is 9.53 Å². The molecular formula is C16H28N4O2S. The average molecular weight is 340 g/mol. The maximum Gasteiger partial charge on any atom is 0.236 e. The third-order valence-electron chi connectivity index (χ3n) is 3.87. The molecule has 0 radical (unpaired) electrons. The Hall–Kier alpha value is -1.02. The first kappa shape index (κ1) is 18.3. The normalized spacial score (nSPS) is 16.0. The predicted molar refractivity (Wildman–Crippen MR) is 92.8 cm³/mol. The Morgan fingerprint density at radius 2 is 2.22 bits per heavy atom. The van der Waals surface area contributed by atoms with Crippen molar-refractivity contribution in [2.45, 2.75) is 26.3 Å². The molecule has 0 atom stereocenters. The SMILES string of the molecule is CC(C)c1nc(CN(C)C(=O)CNCCN2CCOCC2)cs1. The minimum atomic E-state index is 0.103. The van der Waals surface area contributed by atoms with Crippen LogP contribution >= 0.6 is 11.3 Å². The number of likely N-dealkylation sites (N-methyl/N-ethyl adjacent to an activating group) is 1. The second kappa shape index (κ2) is 9.32. The minimum absolute atomic E-state index is 0.103. The van der Waals surface area contributed by atoms with Crippen LogP contribution < -0.4 is 5.32 Å². The molecule has 1 aromatic heterocycles. The van der Waals surface area contributed by atoms with Crippen LogP contribution in [0.15, 0.2) is 5.38 Å². The van der Waals surface area contributed by atoms with Crippen molar-refractivity contribution in [1.29, 1.82) is 0 Å². The van der Waals surface area contributed by atoms with E-state index < -0.39 is 0 Å². The zero-order valence-electron chi connectivity index (χ0n) is 14.4. The number of carbonyl (C=O) groups is 1. The molecular weight excluding hydrogens is 312 g/mol.